The van der Waals surface area contributed by atoms with E-state index in [1.807, 2.05) is 0 Å². The van der Waals surface area contributed by atoms with Crippen LogP contribution in [-0.2, 0) is 6.61 Å². The molecule has 0 spiro atoms. The third-order valence-electron chi connectivity index (χ3n) is 1.52. The van der Waals surface area contributed by atoms with Crippen molar-refractivity contribution in [2.24, 2.45) is 0 Å². The molecule has 4 nitrogen and oxygen atoms in total. The van der Waals surface area contributed by atoms with E-state index in [1.165, 1.54) is 6.26 Å². The van der Waals surface area contributed by atoms with Crippen LogP contribution < -0.4 is 5.32 Å². The van der Waals surface area contributed by atoms with E-state index in [0.717, 1.165) is 19.4 Å². The Bertz CT molecular complexity index is 223. The topological polar surface area (TPSA) is 58.3 Å². The molecule has 0 aliphatic rings. The van der Waals surface area contributed by atoms with Gasteiger partial charge in [-0.2, -0.15) is 4.98 Å². The Morgan fingerprint density at radius 3 is 3.08 bits per heavy atom. The Balaban J connectivity index is 2.31. The van der Waals surface area contributed by atoms with Gasteiger partial charge in [0.25, 0.3) is 6.01 Å². The summed E-state index contributed by atoms with van der Waals surface area (Å²) in [6.45, 7) is 2.91. The van der Waals surface area contributed by atoms with Crippen molar-refractivity contribution in [2.45, 2.75) is 26.4 Å². The average Bonchev–Trinajstić information content (AvgIpc) is 2.53. The molecular formula is C8H14N2O2. The van der Waals surface area contributed by atoms with Crippen LogP contribution in [0.3, 0.4) is 0 Å². The van der Waals surface area contributed by atoms with Gasteiger partial charge in [0.15, 0.2) is 0 Å². The van der Waals surface area contributed by atoms with E-state index < -0.39 is 0 Å². The molecule has 0 saturated heterocycles. The summed E-state index contributed by atoms with van der Waals surface area (Å²) in [4.78, 5) is 3.97. The monoisotopic (exact) mass is 170 g/mol. The molecule has 1 rings (SSSR count). The highest BCUT2D eigenvalue weighted by Gasteiger charge is 2.00. The van der Waals surface area contributed by atoms with Gasteiger partial charge >= 0.3 is 0 Å². The maximum Gasteiger partial charge on any atom is 0.294 e. The molecular weight excluding hydrogens is 156 g/mol. The number of aromatic nitrogens is 1. The summed E-state index contributed by atoms with van der Waals surface area (Å²) in [6.07, 6.45) is 3.69. The number of unbranched alkanes of at least 4 members (excludes halogenated alkanes) is 1. The van der Waals surface area contributed by atoms with Crippen molar-refractivity contribution in [3.63, 3.8) is 0 Å². The van der Waals surface area contributed by atoms with Gasteiger partial charge in [-0.05, 0) is 6.42 Å². The largest absolute Gasteiger partial charge is 0.432 e. The molecule has 0 unspecified atom stereocenters. The summed E-state index contributed by atoms with van der Waals surface area (Å²) in [7, 11) is 0. The van der Waals surface area contributed by atoms with Gasteiger partial charge in [0, 0.05) is 6.54 Å². The zero-order valence-electron chi connectivity index (χ0n) is 7.21. The normalized spacial score (nSPS) is 10.2. The zero-order chi connectivity index (χ0) is 8.81. The molecule has 1 aromatic heterocycles. The third-order valence-corrected chi connectivity index (χ3v) is 1.52. The van der Waals surface area contributed by atoms with E-state index >= 15 is 0 Å². The van der Waals surface area contributed by atoms with Crippen LogP contribution in [0.5, 0.6) is 0 Å². The Hall–Kier alpha value is -1.03. The van der Waals surface area contributed by atoms with Gasteiger partial charge in [0.1, 0.15) is 12.0 Å². The maximum atomic E-state index is 8.67. The van der Waals surface area contributed by atoms with Gasteiger partial charge in [-0.3, -0.25) is 0 Å². The van der Waals surface area contributed by atoms with E-state index in [1.54, 1.807) is 0 Å². The van der Waals surface area contributed by atoms with E-state index in [0.29, 0.717) is 11.7 Å². The van der Waals surface area contributed by atoms with E-state index in [2.05, 4.69) is 17.2 Å². The molecule has 0 radical (unpaired) electrons. The lowest BCUT2D eigenvalue weighted by atomic mass is 10.3. The minimum Gasteiger partial charge on any atom is -0.432 e. The zero-order valence-corrected chi connectivity index (χ0v) is 7.21. The summed E-state index contributed by atoms with van der Waals surface area (Å²) < 4.78 is 5.02. The third kappa shape index (κ3) is 2.54. The molecule has 12 heavy (non-hydrogen) atoms. The van der Waals surface area contributed by atoms with Crippen molar-refractivity contribution in [2.75, 3.05) is 11.9 Å². The first-order valence-electron chi connectivity index (χ1n) is 4.16. The predicted octanol–water partition coefficient (Wildman–Crippen LogP) is 1.38. The lowest BCUT2D eigenvalue weighted by Crippen LogP contribution is -2.00. The van der Waals surface area contributed by atoms with Crippen LogP contribution in [0, 0.1) is 0 Å². The molecule has 0 aromatic carbocycles. The Kier molecular flexibility index (Phi) is 3.60. The minimum absolute atomic E-state index is 0.0705. The van der Waals surface area contributed by atoms with Crippen LogP contribution in [0.4, 0.5) is 6.01 Å². The van der Waals surface area contributed by atoms with Crippen molar-refractivity contribution in [1.29, 1.82) is 0 Å². The van der Waals surface area contributed by atoms with Crippen LogP contribution in [0.1, 0.15) is 25.5 Å². The fourth-order valence-corrected chi connectivity index (χ4v) is 0.833. The van der Waals surface area contributed by atoms with Gasteiger partial charge in [-0.15, -0.1) is 0 Å². The average molecular weight is 170 g/mol. The van der Waals surface area contributed by atoms with Gasteiger partial charge in [-0.1, -0.05) is 13.3 Å². The van der Waals surface area contributed by atoms with Crippen LogP contribution in [-0.4, -0.2) is 16.6 Å². The predicted molar refractivity (Wildman–Crippen MR) is 45.8 cm³/mol. The van der Waals surface area contributed by atoms with Gasteiger partial charge in [-0.25, -0.2) is 0 Å². The summed E-state index contributed by atoms with van der Waals surface area (Å²) in [6, 6.07) is 0.493. The molecule has 1 aromatic rings. The van der Waals surface area contributed by atoms with Gasteiger partial charge < -0.3 is 14.8 Å². The number of hydrogen-bond acceptors (Lipinski definition) is 4. The molecule has 0 aliphatic heterocycles. The smallest absolute Gasteiger partial charge is 0.294 e. The van der Waals surface area contributed by atoms with E-state index in [9.17, 15) is 0 Å². The molecule has 1 heterocycles. The number of oxazole rings is 1. The first-order valence-corrected chi connectivity index (χ1v) is 4.16. The standard InChI is InChI=1S/C8H14N2O2/c1-2-3-4-9-8-10-7(5-11)6-12-8/h6,11H,2-5H2,1H3,(H,9,10). The molecule has 68 valence electrons. The fraction of sp³-hybridized carbons (Fsp3) is 0.625. The number of hydrogen-bond donors (Lipinski definition) is 2. The Labute approximate surface area is 71.6 Å². The molecule has 2 N–H and O–H groups in total. The first kappa shape index (κ1) is 9.06. The molecule has 0 amide bonds. The SMILES string of the molecule is CCCCNc1nc(CO)co1. The maximum absolute atomic E-state index is 8.67. The number of rotatable bonds is 5. The van der Waals surface area contributed by atoms with E-state index in [-0.39, 0.29) is 6.61 Å². The van der Waals surface area contributed by atoms with Crippen molar-refractivity contribution in [3.05, 3.63) is 12.0 Å². The number of aliphatic hydroxyl groups excluding tert-OH is 1. The van der Waals surface area contributed by atoms with Crippen molar-refractivity contribution in [3.8, 4) is 0 Å². The van der Waals surface area contributed by atoms with E-state index in [4.69, 9.17) is 9.52 Å². The van der Waals surface area contributed by atoms with Crippen LogP contribution in [0.2, 0.25) is 0 Å². The lowest BCUT2D eigenvalue weighted by molar-refractivity contribution is 0.276. The molecule has 0 saturated carbocycles. The van der Waals surface area contributed by atoms with Crippen molar-refractivity contribution in [1.82, 2.24) is 4.98 Å². The highest BCUT2D eigenvalue weighted by molar-refractivity contribution is 5.20. The molecule has 0 bridgehead atoms. The highest BCUT2D eigenvalue weighted by atomic mass is 16.4. The van der Waals surface area contributed by atoms with Crippen molar-refractivity contribution >= 4 is 6.01 Å². The van der Waals surface area contributed by atoms with Crippen LogP contribution in [0.15, 0.2) is 10.7 Å². The molecule has 0 atom stereocenters. The minimum atomic E-state index is -0.0705. The second-order valence-electron chi connectivity index (χ2n) is 2.58. The first-order chi connectivity index (χ1) is 5.86. The Morgan fingerprint density at radius 2 is 2.50 bits per heavy atom. The van der Waals surface area contributed by atoms with Crippen LogP contribution >= 0.6 is 0 Å². The molecule has 4 heteroatoms. The quantitative estimate of drug-likeness (QED) is 0.655. The summed E-state index contributed by atoms with van der Waals surface area (Å²) in [5, 5.41) is 11.7. The molecule has 0 fully saturated rings. The second kappa shape index (κ2) is 4.77. The number of nitrogens with zero attached hydrogens (tertiary/aromatic N) is 1. The summed E-state index contributed by atoms with van der Waals surface area (Å²) in [5.41, 5.74) is 0.564. The second-order valence-corrected chi connectivity index (χ2v) is 2.58. The Morgan fingerprint density at radius 1 is 1.67 bits per heavy atom. The number of anilines is 1. The number of nitrogens with one attached hydrogen (secondary N) is 1. The summed E-state index contributed by atoms with van der Waals surface area (Å²) >= 11 is 0. The van der Waals surface area contributed by atoms with Gasteiger partial charge in [0.2, 0.25) is 0 Å². The summed E-state index contributed by atoms with van der Waals surface area (Å²) in [5.74, 6) is 0. The number of aliphatic hydroxyl groups is 1. The van der Waals surface area contributed by atoms with Gasteiger partial charge in [0.05, 0.1) is 6.61 Å². The highest BCUT2D eigenvalue weighted by Crippen LogP contribution is 2.06. The fourth-order valence-electron chi connectivity index (χ4n) is 0.833. The van der Waals surface area contributed by atoms with Crippen molar-refractivity contribution < 1.29 is 9.52 Å². The van der Waals surface area contributed by atoms with Crippen LogP contribution in [0.25, 0.3) is 0 Å². The lowest BCUT2D eigenvalue weighted by Gasteiger charge is -1.97. The molecule has 0 aliphatic carbocycles.